The molecule has 4 rings (SSSR count). The quantitative estimate of drug-likeness (QED) is 0.578. The Morgan fingerprint density at radius 3 is 2.86 bits per heavy atom. The van der Waals surface area contributed by atoms with Gasteiger partial charge in [-0.25, -0.2) is 0 Å². The highest BCUT2D eigenvalue weighted by molar-refractivity contribution is 6.01. The van der Waals surface area contributed by atoms with E-state index in [1.165, 1.54) is 12.3 Å². The van der Waals surface area contributed by atoms with E-state index in [1.54, 1.807) is 36.7 Å². The first-order valence-corrected chi connectivity index (χ1v) is 6.31. The minimum absolute atomic E-state index is 0.122. The van der Waals surface area contributed by atoms with Crippen LogP contribution in [-0.4, -0.2) is 10.1 Å². The van der Waals surface area contributed by atoms with Crippen LogP contribution in [0.15, 0.2) is 62.6 Å². The van der Waals surface area contributed by atoms with E-state index in [2.05, 4.69) is 4.98 Å². The third kappa shape index (κ3) is 1.71. The van der Waals surface area contributed by atoms with Crippen molar-refractivity contribution in [2.24, 2.45) is 0 Å². The van der Waals surface area contributed by atoms with E-state index in [4.69, 9.17) is 8.83 Å². The number of rotatable bonds is 1. The zero-order valence-corrected chi connectivity index (χ0v) is 10.7. The lowest BCUT2D eigenvalue weighted by molar-refractivity contribution is 0.485. The molecule has 4 aromatic rings. The van der Waals surface area contributed by atoms with Crippen molar-refractivity contribution >= 4 is 21.9 Å². The van der Waals surface area contributed by atoms with Gasteiger partial charge in [-0.1, -0.05) is 0 Å². The van der Waals surface area contributed by atoms with Gasteiger partial charge in [-0.05, 0) is 18.2 Å². The van der Waals surface area contributed by atoms with Gasteiger partial charge in [0.1, 0.15) is 28.1 Å². The Bertz CT molecular complexity index is 1010. The number of benzene rings is 1. The summed E-state index contributed by atoms with van der Waals surface area (Å²) >= 11 is 0. The summed E-state index contributed by atoms with van der Waals surface area (Å²) in [4.78, 5) is 16.3. The van der Waals surface area contributed by atoms with Crippen LogP contribution in [0.25, 0.3) is 33.3 Å². The maximum absolute atomic E-state index is 12.3. The molecule has 0 saturated heterocycles. The molecule has 1 N–H and O–H groups in total. The molecule has 0 aliphatic carbocycles. The van der Waals surface area contributed by atoms with Crippen molar-refractivity contribution in [1.29, 1.82) is 0 Å². The van der Waals surface area contributed by atoms with Gasteiger partial charge in [0.25, 0.3) is 0 Å². The van der Waals surface area contributed by atoms with E-state index in [9.17, 15) is 9.90 Å². The number of hydrogen-bond donors (Lipinski definition) is 1. The lowest BCUT2D eigenvalue weighted by atomic mass is 10.1. The molecule has 5 heteroatoms. The predicted molar refractivity (Wildman–Crippen MR) is 77.2 cm³/mol. The summed E-state index contributed by atoms with van der Waals surface area (Å²) in [7, 11) is 0. The van der Waals surface area contributed by atoms with Crippen LogP contribution in [-0.2, 0) is 0 Å². The summed E-state index contributed by atoms with van der Waals surface area (Å²) in [6.45, 7) is 0. The molecule has 0 aliphatic heterocycles. The lowest BCUT2D eigenvalue weighted by Crippen LogP contribution is -2.00. The highest BCUT2D eigenvalue weighted by atomic mass is 16.3. The van der Waals surface area contributed by atoms with Crippen molar-refractivity contribution in [2.45, 2.75) is 0 Å². The first-order chi connectivity index (χ1) is 10.2. The van der Waals surface area contributed by atoms with Crippen molar-refractivity contribution in [3.8, 4) is 17.1 Å². The highest BCUT2D eigenvalue weighted by Gasteiger charge is 2.15. The van der Waals surface area contributed by atoms with Crippen molar-refractivity contribution in [2.75, 3.05) is 0 Å². The summed E-state index contributed by atoms with van der Waals surface area (Å²) in [5.74, 6) is 0.272. The summed E-state index contributed by atoms with van der Waals surface area (Å²) in [5.41, 5.74) is 1.12. The molecule has 0 aliphatic rings. The molecule has 0 radical (unpaired) electrons. The molecule has 3 aromatic heterocycles. The zero-order valence-electron chi connectivity index (χ0n) is 10.7. The van der Waals surface area contributed by atoms with E-state index < -0.39 is 0 Å². The van der Waals surface area contributed by atoms with Crippen LogP contribution in [0, 0.1) is 0 Å². The third-order valence-electron chi connectivity index (χ3n) is 3.37. The molecule has 0 amide bonds. The number of hydrogen-bond acceptors (Lipinski definition) is 5. The largest absolute Gasteiger partial charge is 0.506 e. The molecule has 0 spiro atoms. The van der Waals surface area contributed by atoms with E-state index in [0.29, 0.717) is 22.3 Å². The van der Waals surface area contributed by atoms with Gasteiger partial charge < -0.3 is 13.9 Å². The topological polar surface area (TPSA) is 76.5 Å². The number of aromatic hydroxyl groups is 1. The normalized spacial score (nSPS) is 11.2. The molecule has 0 fully saturated rings. The van der Waals surface area contributed by atoms with Crippen molar-refractivity contribution < 1.29 is 13.9 Å². The Balaban J connectivity index is 2.11. The molecule has 0 atom stereocenters. The van der Waals surface area contributed by atoms with Crippen LogP contribution in [0.3, 0.4) is 0 Å². The molecule has 5 nitrogen and oxygen atoms in total. The minimum Gasteiger partial charge on any atom is -0.506 e. The first-order valence-electron chi connectivity index (χ1n) is 6.31. The molecule has 3 heterocycles. The highest BCUT2D eigenvalue weighted by Crippen LogP contribution is 2.34. The van der Waals surface area contributed by atoms with E-state index >= 15 is 0 Å². The lowest BCUT2D eigenvalue weighted by Gasteiger charge is -2.04. The van der Waals surface area contributed by atoms with Crippen LogP contribution in [0.2, 0.25) is 0 Å². The van der Waals surface area contributed by atoms with Gasteiger partial charge in [0.2, 0.25) is 0 Å². The van der Waals surface area contributed by atoms with E-state index in [0.717, 1.165) is 0 Å². The second kappa shape index (κ2) is 4.21. The molecular formula is C16H9NO4. The summed E-state index contributed by atoms with van der Waals surface area (Å²) in [6.07, 6.45) is 4.70. The van der Waals surface area contributed by atoms with Crippen LogP contribution in [0.1, 0.15) is 0 Å². The second-order valence-electron chi connectivity index (χ2n) is 4.65. The van der Waals surface area contributed by atoms with Crippen molar-refractivity contribution in [3.05, 3.63) is 59.2 Å². The van der Waals surface area contributed by atoms with Crippen LogP contribution >= 0.6 is 0 Å². The van der Waals surface area contributed by atoms with Gasteiger partial charge in [-0.2, -0.15) is 0 Å². The molecule has 0 saturated carbocycles. The number of aromatic nitrogens is 1. The molecular weight excluding hydrogens is 270 g/mol. The standard InChI is InChI=1S/C16H9NO4/c18-11-6-12(9-2-1-4-17-8-9)21-14-7-13-10(3-5-20-13)16(19)15(11)14/h1-8,19H. The first kappa shape index (κ1) is 11.7. The number of pyridine rings is 1. The van der Waals surface area contributed by atoms with Gasteiger partial charge in [0.05, 0.1) is 11.6 Å². The smallest absolute Gasteiger partial charge is 0.197 e. The maximum Gasteiger partial charge on any atom is 0.197 e. The fraction of sp³-hybridized carbons (Fsp3) is 0. The minimum atomic E-state index is -0.310. The van der Waals surface area contributed by atoms with Crippen LogP contribution in [0.5, 0.6) is 5.75 Å². The van der Waals surface area contributed by atoms with Crippen LogP contribution in [0.4, 0.5) is 0 Å². The Morgan fingerprint density at radius 1 is 1.14 bits per heavy atom. The molecule has 21 heavy (non-hydrogen) atoms. The monoisotopic (exact) mass is 279 g/mol. The van der Waals surface area contributed by atoms with E-state index in [-0.39, 0.29) is 22.1 Å². The summed E-state index contributed by atoms with van der Waals surface area (Å²) < 4.78 is 11.0. The van der Waals surface area contributed by atoms with Gasteiger partial charge in [0.15, 0.2) is 5.43 Å². The summed E-state index contributed by atoms with van der Waals surface area (Å²) in [6, 6.07) is 8.12. The Hall–Kier alpha value is -3.08. The average molecular weight is 279 g/mol. The number of nitrogens with zero attached hydrogens (tertiary/aromatic N) is 1. The fourth-order valence-corrected chi connectivity index (χ4v) is 2.38. The van der Waals surface area contributed by atoms with Crippen LogP contribution < -0.4 is 5.43 Å². The third-order valence-corrected chi connectivity index (χ3v) is 3.37. The van der Waals surface area contributed by atoms with Crippen molar-refractivity contribution in [3.63, 3.8) is 0 Å². The Morgan fingerprint density at radius 2 is 2.05 bits per heavy atom. The number of phenols is 1. The van der Waals surface area contributed by atoms with E-state index in [1.807, 2.05) is 0 Å². The van der Waals surface area contributed by atoms with Gasteiger partial charge in [-0.15, -0.1) is 0 Å². The SMILES string of the molecule is O=c1cc(-c2cccnc2)oc2cc3occc3c(O)c12. The summed E-state index contributed by atoms with van der Waals surface area (Å²) in [5, 5.41) is 10.8. The molecule has 102 valence electrons. The van der Waals surface area contributed by atoms with Gasteiger partial charge in [-0.3, -0.25) is 9.78 Å². The number of furan rings is 1. The fourth-order valence-electron chi connectivity index (χ4n) is 2.38. The maximum atomic E-state index is 12.3. The van der Waals surface area contributed by atoms with Crippen molar-refractivity contribution in [1.82, 2.24) is 4.98 Å². The number of fused-ring (bicyclic) bond motifs is 2. The molecule has 1 aromatic carbocycles. The molecule has 0 bridgehead atoms. The number of phenolic OH excluding ortho intramolecular Hbond substituents is 1. The second-order valence-corrected chi connectivity index (χ2v) is 4.65. The predicted octanol–water partition coefficient (Wildman–Crippen LogP) is 3.31. The Kier molecular flexibility index (Phi) is 2.35. The van der Waals surface area contributed by atoms with Gasteiger partial charge in [0, 0.05) is 30.1 Å². The molecule has 0 unspecified atom stereocenters. The Labute approximate surface area is 118 Å². The average Bonchev–Trinajstić information content (AvgIpc) is 2.96. The van der Waals surface area contributed by atoms with Gasteiger partial charge >= 0.3 is 0 Å². The zero-order chi connectivity index (χ0) is 14.4.